The molecule has 4 heteroatoms. The van der Waals surface area contributed by atoms with Gasteiger partial charge in [0.05, 0.1) is 0 Å². The van der Waals surface area contributed by atoms with Crippen LogP contribution in [0, 0.1) is 6.92 Å². The maximum Gasteiger partial charge on any atom is 0.220 e. The Morgan fingerprint density at radius 3 is 2.94 bits per heavy atom. The minimum absolute atomic E-state index is 0.164. The van der Waals surface area contributed by atoms with Crippen molar-refractivity contribution >= 4 is 27.5 Å². The Labute approximate surface area is 104 Å². The highest BCUT2D eigenvalue weighted by atomic mass is 79.9. The number of halogens is 1. The summed E-state index contributed by atoms with van der Waals surface area (Å²) in [5.41, 5.74) is 2.31. The van der Waals surface area contributed by atoms with Gasteiger partial charge in [-0.1, -0.05) is 15.9 Å². The zero-order valence-electron chi connectivity index (χ0n) is 9.22. The van der Waals surface area contributed by atoms with Crippen molar-refractivity contribution in [3.05, 3.63) is 28.2 Å². The molecule has 2 rings (SSSR count). The van der Waals surface area contributed by atoms with Gasteiger partial charge in [0.15, 0.2) is 0 Å². The van der Waals surface area contributed by atoms with Gasteiger partial charge in [0, 0.05) is 29.2 Å². The van der Waals surface area contributed by atoms with Crippen LogP contribution in [0.2, 0.25) is 0 Å². The number of anilines is 1. The molecule has 0 aliphatic carbocycles. The Bertz CT molecular complexity index is 386. The average molecular weight is 283 g/mol. The second kappa shape index (κ2) is 4.87. The first-order valence-corrected chi connectivity index (χ1v) is 6.23. The Kier molecular flexibility index (Phi) is 3.49. The quantitative estimate of drug-likeness (QED) is 0.894. The topological polar surface area (TPSA) is 41.1 Å². The van der Waals surface area contributed by atoms with Crippen LogP contribution < -0.4 is 10.6 Å². The van der Waals surface area contributed by atoms with Crippen molar-refractivity contribution in [1.29, 1.82) is 0 Å². The van der Waals surface area contributed by atoms with Crippen molar-refractivity contribution < 1.29 is 4.79 Å². The van der Waals surface area contributed by atoms with Crippen LogP contribution in [-0.2, 0) is 4.79 Å². The third kappa shape index (κ3) is 2.98. The van der Waals surface area contributed by atoms with Gasteiger partial charge in [-0.2, -0.15) is 0 Å². The van der Waals surface area contributed by atoms with Crippen LogP contribution in [0.3, 0.4) is 0 Å². The number of carbonyl (C=O) groups excluding carboxylic acids is 1. The minimum Gasteiger partial charge on any atom is -0.383 e. The first-order chi connectivity index (χ1) is 7.63. The summed E-state index contributed by atoms with van der Waals surface area (Å²) in [5.74, 6) is 0.164. The van der Waals surface area contributed by atoms with E-state index >= 15 is 0 Å². The van der Waals surface area contributed by atoms with E-state index in [-0.39, 0.29) is 11.9 Å². The van der Waals surface area contributed by atoms with Crippen LogP contribution in [0.15, 0.2) is 22.7 Å². The summed E-state index contributed by atoms with van der Waals surface area (Å²) >= 11 is 3.47. The molecule has 1 aliphatic heterocycles. The maximum absolute atomic E-state index is 11.0. The highest BCUT2D eigenvalue weighted by molar-refractivity contribution is 9.10. The Hall–Kier alpha value is -1.03. The Morgan fingerprint density at radius 1 is 1.50 bits per heavy atom. The van der Waals surface area contributed by atoms with Crippen molar-refractivity contribution in [3.63, 3.8) is 0 Å². The molecule has 86 valence electrons. The van der Waals surface area contributed by atoms with E-state index in [9.17, 15) is 4.79 Å². The molecule has 0 spiro atoms. The van der Waals surface area contributed by atoms with Crippen LogP contribution in [0.5, 0.6) is 0 Å². The molecule has 1 aromatic carbocycles. The fourth-order valence-corrected chi connectivity index (χ4v) is 2.52. The van der Waals surface area contributed by atoms with Crippen LogP contribution >= 0.6 is 15.9 Å². The van der Waals surface area contributed by atoms with Gasteiger partial charge in [0.2, 0.25) is 5.91 Å². The largest absolute Gasteiger partial charge is 0.383 e. The number of benzene rings is 1. The lowest BCUT2D eigenvalue weighted by Crippen LogP contribution is -2.31. The van der Waals surface area contributed by atoms with Crippen LogP contribution in [-0.4, -0.2) is 18.5 Å². The standard InChI is InChI=1S/C12H15BrN2O/c1-8-4-9(13)6-11(5-8)14-7-10-2-3-12(16)15-10/h4-6,10,14H,2-3,7H2,1H3,(H,15,16). The third-order valence-corrected chi connectivity index (χ3v) is 3.14. The normalized spacial score (nSPS) is 19.6. The van der Waals surface area contributed by atoms with Crippen molar-refractivity contribution in [3.8, 4) is 0 Å². The molecular weight excluding hydrogens is 268 g/mol. The van der Waals surface area contributed by atoms with Crippen LogP contribution in [0.4, 0.5) is 5.69 Å². The molecule has 0 saturated carbocycles. The summed E-state index contributed by atoms with van der Waals surface area (Å²) in [6.07, 6.45) is 1.59. The van der Waals surface area contributed by atoms with Gasteiger partial charge in [-0.15, -0.1) is 0 Å². The van der Waals surface area contributed by atoms with Gasteiger partial charge in [0.1, 0.15) is 0 Å². The molecule has 1 amide bonds. The molecule has 0 radical (unpaired) electrons. The maximum atomic E-state index is 11.0. The number of rotatable bonds is 3. The van der Waals surface area contributed by atoms with Crippen molar-refractivity contribution in [2.75, 3.05) is 11.9 Å². The highest BCUT2D eigenvalue weighted by Gasteiger charge is 2.19. The lowest BCUT2D eigenvalue weighted by molar-refractivity contribution is -0.119. The zero-order valence-corrected chi connectivity index (χ0v) is 10.8. The fraction of sp³-hybridized carbons (Fsp3) is 0.417. The van der Waals surface area contributed by atoms with Gasteiger partial charge in [0.25, 0.3) is 0 Å². The number of amides is 1. The molecule has 2 N–H and O–H groups in total. The number of hydrogen-bond donors (Lipinski definition) is 2. The predicted octanol–water partition coefficient (Wildman–Crippen LogP) is 2.45. The predicted molar refractivity (Wildman–Crippen MR) is 68.5 cm³/mol. The molecule has 1 aliphatic rings. The van der Waals surface area contributed by atoms with Crippen LogP contribution in [0.1, 0.15) is 18.4 Å². The number of aryl methyl sites for hydroxylation is 1. The second-order valence-electron chi connectivity index (χ2n) is 4.20. The molecule has 1 fully saturated rings. The first kappa shape index (κ1) is 11.5. The lowest BCUT2D eigenvalue weighted by Gasteiger charge is -2.13. The van der Waals surface area contributed by atoms with E-state index in [0.29, 0.717) is 6.42 Å². The molecular formula is C12H15BrN2O. The van der Waals surface area contributed by atoms with Crippen LogP contribution in [0.25, 0.3) is 0 Å². The number of nitrogens with one attached hydrogen (secondary N) is 2. The van der Waals surface area contributed by atoms with E-state index in [1.54, 1.807) is 0 Å². The average Bonchev–Trinajstić information content (AvgIpc) is 2.60. The molecule has 3 nitrogen and oxygen atoms in total. The van der Waals surface area contributed by atoms with Gasteiger partial charge in [-0.3, -0.25) is 4.79 Å². The summed E-state index contributed by atoms with van der Waals surface area (Å²) < 4.78 is 1.07. The Morgan fingerprint density at radius 2 is 2.31 bits per heavy atom. The second-order valence-corrected chi connectivity index (χ2v) is 5.12. The summed E-state index contributed by atoms with van der Waals surface area (Å²) in [4.78, 5) is 11.0. The molecule has 1 saturated heterocycles. The SMILES string of the molecule is Cc1cc(Br)cc(NCC2CCC(=O)N2)c1. The van der Waals surface area contributed by atoms with Crippen molar-refractivity contribution in [1.82, 2.24) is 5.32 Å². The first-order valence-electron chi connectivity index (χ1n) is 5.44. The van der Waals surface area contributed by atoms with E-state index < -0.39 is 0 Å². The summed E-state index contributed by atoms with van der Waals surface area (Å²) in [7, 11) is 0. The summed E-state index contributed by atoms with van der Waals surface area (Å²) in [5, 5.41) is 6.28. The fourth-order valence-electron chi connectivity index (χ4n) is 1.91. The van der Waals surface area contributed by atoms with E-state index in [4.69, 9.17) is 0 Å². The lowest BCUT2D eigenvalue weighted by atomic mass is 10.2. The molecule has 1 aromatic rings. The third-order valence-electron chi connectivity index (χ3n) is 2.68. The van der Waals surface area contributed by atoms with Crippen molar-refractivity contribution in [2.24, 2.45) is 0 Å². The smallest absolute Gasteiger partial charge is 0.220 e. The van der Waals surface area contributed by atoms with Gasteiger partial charge in [-0.05, 0) is 37.1 Å². The minimum atomic E-state index is 0.164. The number of carbonyl (C=O) groups is 1. The molecule has 1 atom stereocenters. The van der Waals surface area contributed by atoms with E-state index in [0.717, 1.165) is 23.1 Å². The van der Waals surface area contributed by atoms with Gasteiger partial charge < -0.3 is 10.6 Å². The van der Waals surface area contributed by atoms with Gasteiger partial charge >= 0.3 is 0 Å². The molecule has 16 heavy (non-hydrogen) atoms. The molecule has 1 unspecified atom stereocenters. The monoisotopic (exact) mass is 282 g/mol. The molecule has 0 aromatic heterocycles. The number of hydrogen-bond acceptors (Lipinski definition) is 2. The summed E-state index contributed by atoms with van der Waals surface area (Å²) in [6.45, 7) is 2.86. The highest BCUT2D eigenvalue weighted by Crippen LogP contribution is 2.19. The summed E-state index contributed by atoms with van der Waals surface area (Å²) in [6, 6.07) is 6.49. The van der Waals surface area contributed by atoms with Crippen molar-refractivity contribution in [2.45, 2.75) is 25.8 Å². The van der Waals surface area contributed by atoms with E-state index in [2.05, 4.69) is 45.6 Å². The zero-order chi connectivity index (χ0) is 11.5. The van der Waals surface area contributed by atoms with E-state index in [1.165, 1.54) is 5.56 Å². The van der Waals surface area contributed by atoms with Gasteiger partial charge in [-0.25, -0.2) is 0 Å². The Balaban J connectivity index is 1.91. The van der Waals surface area contributed by atoms with E-state index in [1.807, 2.05) is 6.07 Å². The molecule has 1 heterocycles. The molecule has 0 bridgehead atoms.